The Labute approximate surface area is 156 Å². The van der Waals surface area contributed by atoms with Crippen molar-refractivity contribution in [2.45, 2.75) is 26.1 Å². The van der Waals surface area contributed by atoms with Gasteiger partial charge in [0.2, 0.25) is 0 Å². The molecule has 1 atom stereocenters. The van der Waals surface area contributed by atoms with Gasteiger partial charge in [-0.05, 0) is 55.0 Å². The molecular weight excluding hydrogens is 346 g/mol. The van der Waals surface area contributed by atoms with E-state index in [9.17, 15) is 4.79 Å². The van der Waals surface area contributed by atoms with E-state index in [1.54, 1.807) is 37.4 Å². The lowest BCUT2D eigenvalue weighted by Crippen LogP contribution is -2.05. The van der Waals surface area contributed by atoms with Crippen molar-refractivity contribution < 1.29 is 23.5 Å². The molecule has 0 spiro atoms. The number of nitrogens with zero attached hydrogens (tertiary/aromatic N) is 1. The van der Waals surface area contributed by atoms with Crippen LogP contribution in [0.2, 0.25) is 0 Å². The van der Waals surface area contributed by atoms with Crippen molar-refractivity contribution in [3.05, 3.63) is 65.4 Å². The van der Waals surface area contributed by atoms with Gasteiger partial charge in [0.1, 0.15) is 29.9 Å². The predicted molar refractivity (Wildman–Crippen MR) is 97.8 cm³/mol. The summed E-state index contributed by atoms with van der Waals surface area (Å²) in [6, 6.07) is 14.4. The third-order valence-electron chi connectivity index (χ3n) is 4.42. The number of ether oxygens (including phenoxy) is 3. The van der Waals surface area contributed by atoms with Crippen LogP contribution >= 0.6 is 0 Å². The summed E-state index contributed by atoms with van der Waals surface area (Å²) in [6.45, 7) is 2.09. The maximum absolute atomic E-state index is 12.1. The molecule has 27 heavy (non-hydrogen) atoms. The van der Waals surface area contributed by atoms with E-state index in [0.717, 1.165) is 23.3 Å². The van der Waals surface area contributed by atoms with Crippen molar-refractivity contribution in [3.8, 4) is 22.8 Å². The maximum Gasteiger partial charge on any atom is 0.338 e. The fourth-order valence-corrected chi connectivity index (χ4v) is 3.04. The number of carbonyl (C=O) groups excluding carboxylic acids is 1. The number of benzene rings is 2. The minimum absolute atomic E-state index is 0.0411. The van der Waals surface area contributed by atoms with Gasteiger partial charge in [-0.2, -0.15) is 0 Å². The van der Waals surface area contributed by atoms with Gasteiger partial charge in [-0.15, -0.1) is 0 Å². The molecule has 0 saturated carbocycles. The van der Waals surface area contributed by atoms with E-state index in [1.807, 2.05) is 25.1 Å². The molecule has 6 heteroatoms. The second-order valence-corrected chi connectivity index (χ2v) is 6.44. The zero-order valence-electron chi connectivity index (χ0n) is 15.1. The summed E-state index contributed by atoms with van der Waals surface area (Å²) in [5.41, 5.74) is 3.08. The molecule has 1 unspecified atom stereocenters. The molecule has 0 radical (unpaired) electrons. The number of esters is 1. The molecule has 6 nitrogen and oxygen atoms in total. The van der Waals surface area contributed by atoms with Gasteiger partial charge < -0.3 is 18.7 Å². The molecule has 0 amide bonds. The first-order valence-corrected chi connectivity index (χ1v) is 8.69. The first-order valence-electron chi connectivity index (χ1n) is 8.69. The second kappa shape index (κ2) is 7.15. The largest absolute Gasteiger partial charge is 0.497 e. The van der Waals surface area contributed by atoms with Crippen LogP contribution < -0.4 is 9.47 Å². The van der Waals surface area contributed by atoms with Gasteiger partial charge in [0.05, 0.1) is 12.7 Å². The summed E-state index contributed by atoms with van der Waals surface area (Å²) in [7, 11) is 1.57. The van der Waals surface area contributed by atoms with E-state index >= 15 is 0 Å². The highest BCUT2D eigenvalue weighted by Crippen LogP contribution is 2.33. The average Bonchev–Trinajstić information content (AvgIpc) is 3.31. The molecule has 4 rings (SSSR count). The fourth-order valence-electron chi connectivity index (χ4n) is 3.04. The zero-order chi connectivity index (χ0) is 18.8. The van der Waals surface area contributed by atoms with Crippen LogP contribution in [0.1, 0.15) is 28.5 Å². The Morgan fingerprint density at radius 1 is 1.19 bits per heavy atom. The van der Waals surface area contributed by atoms with Crippen LogP contribution in [-0.2, 0) is 17.8 Å². The Morgan fingerprint density at radius 2 is 2.00 bits per heavy atom. The highest BCUT2D eigenvalue weighted by Gasteiger charge is 2.20. The number of hydrogen-bond acceptors (Lipinski definition) is 6. The summed E-state index contributed by atoms with van der Waals surface area (Å²) in [4.78, 5) is 12.1. The van der Waals surface area contributed by atoms with Crippen LogP contribution in [0.4, 0.5) is 0 Å². The summed E-state index contributed by atoms with van der Waals surface area (Å²) in [6.07, 6.45) is 1.07. The summed E-state index contributed by atoms with van der Waals surface area (Å²) < 4.78 is 21.5. The molecule has 0 fully saturated rings. The lowest BCUT2D eigenvalue weighted by Gasteiger charge is -2.03. The molecule has 2 heterocycles. The maximum atomic E-state index is 12.1. The van der Waals surface area contributed by atoms with Crippen LogP contribution in [0.5, 0.6) is 11.5 Å². The predicted octanol–water partition coefficient (Wildman–Crippen LogP) is 4.03. The van der Waals surface area contributed by atoms with Gasteiger partial charge in [-0.25, -0.2) is 4.79 Å². The van der Waals surface area contributed by atoms with Crippen LogP contribution in [0.15, 0.2) is 53.1 Å². The first-order chi connectivity index (χ1) is 13.1. The summed E-state index contributed by atoms with van der Waals surface area (Å²) >= 11 is 0. The smallest absolute Gasteiger partial charge is 0.338 e. The third kappa shape index (κ3) is 3.65. The normalized spacial score (nSPS) is 15.1. The molecule has 0 N–H and O–H groups in total. The van der Waals surface area contributed by atoms with Gasteiger partial charge in [0, 0.05) is 18.1 Å². The number of fused-ring (bicyclic) bond motifs is 1. The van der Waals surface area contributed by atoms with E-state index < -0.39 is 5.97 Å². The number of rotatable bonds is 5. The molecule has 0 bridgehead atoms. The zero-order valence-corrected chi connectivity index (χ0v) is 15.1. The lowest BCUT2D eigenvalue weighted by atomic mass is 10.1. The van der Waals surface area contributed by atoms with Crippen LogP contribution in [-0.4, -0.2) is 24.3 Å². The quantitative estimate of drug-likeness (QED) is 0.636. The number of methoxy groups -OCH3 is 1. The topological polar surface area (TPSA) is 70.8 Å². The minimum atomic E-state index is -0.425. The molecular formula is C21H19NO5. The molecule has 3 aromatic rings. The van der Waals surface area contributed by atoms with Crippen molar-refractivity contribution in [1.29, 1.82) is 0 Å². The van der Waals surface area contributed by atoms with E-state index in [0.29, 0.717) is 22.8 Å². The Morgan fingerprint density at radius 3 is 2.78 bits per heavy atom. The van der Waals surface area contributed by atoms with Crippen LogP contribution in [0.3, 0.4) is 0 Å². The van der Waals surface area contributed by atoms with Crippen molar-refractivity contribution in [1.82, 2.24) is 5.16 Å². The summed E-state index contributed by atoms with van der Waals surface area (Å²) in [5, 5.41) is 3.99. The third-order valence-corrected chi connectivity index (χ3v) is 4.42. The molecule has 138 valence electrons. The van der Waals surface area contributed by atoms with E-state index in [2.05, 4.69) is 5.16 Å². The Bertz CT molecular complexity index is 961. The molecule has 0 aliphatic carbocycles. The van der Waals surface area contributed by atoms with Crippen molar-refractivity contribution >= 4 is 5.97 Å². The molecule has 0 saturated heterocycles. The average molecular weight is 365 g/mol. The molecule has 2 aromatic carbocycles. The van der Waals surface area contributed by atoms with Crippen molar-refractivity contribution in [2.24, 2.45) is 0 Å². The molecule has 1 aliphatic heterocycles. The lowest BCUT2D eigenvalue weighted by molar-refractivity contribution is 0.0464. The van der Waals surface area contributed by atoms with E-state index in [-0.39, 0.29) is 12.7 Å². The Balaban J connectivity index is 1.41. The minimum Gasteiger partial charge on any atom is -0.497 e. The van der Waals surface area contributed by atoms with Gasteiger partial charge >= 0.3 is 5.97 Å². The molecule has 1 aliphatic rings. The monoisotopic (exact) mass is 365 g/mol. The van der Waals surface area contributed by atoms with Crippen molar-refractivity contribution in [3.63, 3.8) is 0 Å². The SMILES string of the molecule is COc1ccc(C(=O)OCc2cc(-c3ccc4c(c3)CC(C)O4)on2)cc1. The number of aromatic nitrogens is 1. The van der Waals surface area contributed by atoms with Crippen molar-refractivity contribution in [2.75, 3.05) is 7.11 Å². The van der Waals surface area contributed by atoms with Crippen LogP contribution in [0.25, 0.3) is 11.3 Å². The fraction of sp³-hybridized carbons (Fsp3) is 0.238. The van der Waals surface area contributed by atoms with Gasteiger partial charge in [-0.1, -0.05) is 5.16 Å². The highest BCUT2D eigenvalue weighted by atomic mass is 16.5. The Kier molecular flexibility index (Phi) is 4.54. The Hall–Kier alpha value is -3.28. The van der Waals surface area contributed by atoms with Crippen LogP contribution in [0, 0.1) is 0 Å². The number of carbonyl (C=O) groups is 1. The van der Waals surface area contributed by atoms with Gasteiger partial charge in [0.25, 0.3) is 0 Å². The second-order valence-electron chi connectivity index (χ2n) is 6.44. The standard InChI is InChI=1S/C21H19NO5/c1-13-9-16-10-15(5-8-19(16)26-13)20-11-17(22-27-20)12-25-21(23)14-3-6-18(24-2)7-4-14/h3-8,10-11,13H,9,12H2,1-2H3. The molecule has 1 aromatic heterocycles. The van der Waals surface area contributed by atoms with E-state index in [4.69, 9.17) is 18.7 Å². The van der Waals surface area contributed by atoms with E-state index in [1.165, 1.54) is 0 Å². The summed E-state index contributed by atoms with van der Waals surface area (Å²) in [5.74, 6) is 1.81. The number of hydrogen-bond donors (Lipinski definition) is 0. The van der Waals surface area contributed by atoms with Gasteiger partial charge in [-0.3, -0.25) is 0 Å². The first kappa shape index (κ1) is 17.1. The van der Waals surface area contributed by atoms with Gasteiger partial charge in [0.15, 0.2) is 5.76 Å². The highest BCUT2D eigenvalue weighted by molar-refractivity contribution is 5.89.